The highest BCUT2D eigenvalue weighted by Crippen LogP contribution is 2.25. The number of hydrogen-bond acceptors (Lipinski definition) is 5. The Balaban J connectivity index is 1.43. The zero-order valence-electron chi connectivity index (χ0n) is 17.3. The molecule has 1 aromatic carbocycles. The third kappa shape index (κ3) is 3.64. The SMILES string of the molecule is Cc1cn2cc(-c3ccc4nc(NC5CCN(C(=O)O)CC5)[nH]c(=O)c4c3)cc(F)c2n1. The molecule has 10 heteroatoms. The first-order chi connectivity index (χ1) is 15.4. The average molecular weight is 436 g/mol. The Labute approximate surface area is 181 Å². The lowest BCUT2D eigenvalue weighted by molar-refractivity contribution is 0.133. The topological polar surface area (TPSA) is 116 Å². The number of fused-ring (bicyclic) bond motifs is 2. The van der Waals surface area contributed by atoms with Gasteiger partial charge in [-0.2, -0.15) is 0 Å². The molecule has 0 saturated carbocycles. The molecule has 0 radical (unpaired) electrons. The van der Waals surface area contributed by atoms with Crippen molar-refractivity contribution in [3.8, 4) is 11.1 Å². The smallest absolute Gasteiger partial charge is 0.407 e. The summed E-state index contributed by atoms with van der Waals surface area (Å²) in [6, 6.07) is 6.66. The number of benzene rings is 1. The number of aromatic amines is 1. The van der Waals surface area contributed by atoms with Crippen LogP contribution in [0.5, 0.6) is 0 Å². The van der Waals surface area contributed by atoms with Crippen molar-refractivity contribution in [2.75, 3.05) is 18.4 Å². The second kappa shape index (κ2) is 7.63. The highest BCUT2D eigenvalue weighted by atomic mass is 19.1. The number of piperidine rings is 1. The summed E-state index contributed by atoms with van der Waals surface area (Å²) < 4.78 is 16.1. The summed E-state index contributed by atoms with van der Waals surface area (Å²) in [5, 5.41) is 12.7. The van der Waals surface area contributed by atoms with Crippen LogP contribution in [-0.2, 0) is 0 Å². The molecule has 0 aliphatic carbocycles. The Kier molecular flexibility index (Phi) is 4.76. The van der Waals surface area contributed by atoms with Gasteiger partial charge in [-0.1, -0.05) is 6.07 Å². The van der Waals surface area contributed by atoms with Crippen LogP contribution in [-0.4, -0.2) is 54.6 Å². The number of H-pyrrole nitrogens is 1. The predicted molar refractivity (Wildman–Crippen MR) is 117 cm³/mol. The zero-order chi connectivity index (χ0) is 22.4. The molecule has 4 aromatic rings. The van der Waals surface area contributed by atoms with Gasteiger partial charge in [0.1, 0.15) is 0 Å². The summed E-state index contributed by atoms with van der Waals surface area (Å²) in [6.07, 6.45) is 3.87. The molecule has 1 amide bonds. The van der Waals surface area contributed by atoms with Crippen LogP contribution in [0.2, 0.25) is 0 Å². The van der Waals surface area contributed by atoms with Crippen LogP contribution in [0.15, 0.2) is 41.5 Å². The van der Waals surface area contributed by atoms with Crippen LogP contribution in [0, 0.1) is 12.7 Å². The quantitative estimate of drug-likeness (QED) is 0.454. The number of nitrogens with one attached hydrogen (secondary N) is 2. The highest BCUT2D eigenvalue weighted by Gasteiger charge is 2.22. The molecule has 4 heterocycles. The molecule has 0 unspecified atom stereocenters. The van der Waals surface area contributed by atoms with E-state index in [0.717, 1.165) is 0 Å². The zero-order valence-corrected chi connectivity index (χ0v) is 17.3. The minimum atomic E-state index is -0.918. The van der Waals surface area contributed by atoms with E-state index in [-0.39, 0.29) is 17.2 Å². The standard InChI is InChI=1S/C22H21FN6O3/c1-12-10-29-11-14(9-17(23)19(29)24-12)13-2-3-18-16(8-13)20(30)27-21(26-18)25-15-4-6-28(7-5-15)22(31)32/h2-3,8-11,15H,4-7H2,1H3,(H,31,32)(H2,25,26,27,30). The van der Waals surface area contributed by atoms with E-state index in [4.69, 9.17) is 5.11 Å². The van der Waals surface area contributed by atoms with E-state index in [9.17, 15) is 14.0 Å². The molecule has 5 rings (SSSR count). The number of likely N-dealkylation sites (tertiary alicyclic amines) is 1. The first kappa shape index (κ1) is 20.0. The van der Waals surface area contributed by atoms with Crippen molar-refractivity contribution in [3.05, 3.63) is 58.5 Å². The number of carbonyl (C=O) groups is 1. The van der Waals surface area contributed by atoms with Crippen LogP contribution in [0.3, 0.4) is 0 Å². The Hall–Kier alpha value is -3.95. The molecule has 1 fully saturated rings. The van der Waals surface area contributed by atoms with Crippen molar-refractivity contribution in [2.24, 2.45) is 0 Å². The lowest BCUT2D eigenvalue weighted by Crippen LogP contribution is -2.42. The molecule has 1 aliphatic heterocycles. The molecule has 1 aliphatic rings. The lowest BCUT2D eigenvalue weighted by Gasteiger charge is -2.30. The van der Waals surface area contributed by atoms with Crippen LogP contribution in [0.25, 0.3) is 27.7 Å². The maximum absolute atomic E-state index is 14.5. The number of halogens is 1. The number of aryl methyl sites for hydroxylation is 1. The van der Waals surface area contributed by atoms with E-state index >= 15 is 0 Å². The minimum Gasteiger partial charge on any atom is -0.465 e. The molecule has 3 N–H and O–H groups in total. The molecular weight excluding hydrogens is 415 g/mol. The Morgan fingerprint density at radius 2 is 1.97 bits per heavy atom. The number of pyridine rings is 1. The number of rotatable bonds is 3. The van der Waals surface area contributed by atoms with Gasteiger partial charge in [0, 0.05) is 37.1 Å². The van der Waals surface area contributed by atoms with Crippen molar-refractivity contribution in [2.45, 2.75) is 25.8 Å². The van der Waals surface area contributed by atoms with Gasteiger partial charge in [0.25, 0.3) is 5.56 Å². The number of nitrogens with zero attached hydrogens (tertiary/aromatic N) is 4. The molecule has 0 bridgehead atoms. The predicted octanol–water partition coefficient (Wildman–Crippen LogP) is 3.24. The van der Waals surface area contributed by atoms with Crippen LogP contribution in [0.1, 0.15) is 18.5 Å². The fourth-order valence-corrected chi connectivity index (χ4v) is 4.13. The van der Waals surface area contributed by atoms with E-state index < -0.39 is 11.9 Å². The van der Waals surface area contributed by atoms with Crippen molar-refractivity contribution in [1.29, 1.82) is 0 Å². The van der Waals surface area contributed by atoms with E-state index in [0.29, 0.717) is 59.6 Å². The van der Waals surface area contributed by atoms with E-state index in [1.165, 1.54) is 11.0 Å². The number of imidazole rings is 1. The Morgan fingerprint density at radius 1 is 1.19 bits per heavy atom. The molecule has 0 atom stereocenters. The summed E-state index contributed by atoms with van der Waals surface area (Å²) in [5.74, 6) is -0.0818. The Morgan fingerprint density at radius 3 is 2.72 bits per heavy atom. The molecular formula is C22H21FN6O3. The third-order valence-electron chi connectivity index (χ3n) is 5.77. The van der Waals surface area contributed by atoms with Gasteiger partial charge < -0.3 is 19.7 Å². The average Bonchev–Trinajstić information content (AvgIpc) is 3.15. The second-order valence-corrected chi connectivity index (χ2v) is 8.02. The molecule has 1 saturated heterocycles. The van der Waals surface area contributed by atoms with Gasteiger partial charge in [0.15, 0.2) is 11.5 Å². The van der Waals surface area contributed by atoms with Gasteiger partial charge in [-0.05, 0) is 43.5 Å². The summed E-state index contributed by atoms with van der Waals surface area (Å²) in [6.45, 7) is 2.67. The maximum Gasteiger partial charge on any atom is 0.407 e. The molecule has 3 aromatic heterocycles. The molecule has 164 valence electrons. The van der Waals surface area contributed by atoms with Crippen LogP contribution >= 0.6 is 0 Å². The number of anilines is 1. The minimum absolute atomic E-state index is 0.0267. The normalized spacial score (nSPS) is 14.9. The highest BCUT2D eigenvalue weighted by molar-refractivity contribution is 5.84. The molecule has 0 spiro atoms. The number of amides is 1. The largest absolute Gasteiger partial charge is 0.465 e. The molecule has 32 heavy (non-hydrogen) atoms. The van der Waals surface area contributed by atoms with Crippen molar-refractivity contribution < 1.29 is 14.3 Å². The first-order valence-corrected chi connectivity index (χ1v) is 10.3. The van der Waals surface area contributed by atoms with Gasteiger partial charge in [0.2, 0.25) is 5.95 Å². The van der Waals surface area contributed by atoms with Crippen LogP contribution in [0.4, 0.5) is 15.1 Å². The van der Waals surface area contributed by atoms with Gasteiger partial charge >= 0.3 is 6.09 Å². The van der Waals surface area contributed by atoms with E-state index in [1.54, 1.807) is 41.9 Å². The van der Waals surface area contributed by atoms with Gasteiger partial charge in [-0.3, -0.25) is 9.78 Å². The monoisotopic (exact) mass is 436 g/mol. The number of aromatic nitrogens is 4. The third-order valence-corrected chi connectivity index (χ3v) is 5.77. The van der Waals surface area contributed by atoms with Gasteiger partial charge in [-0.25, -0.2) is 19.2 Å². The first-order valence-electron chi connectivity index (χ1n) is 10.3. The fourth-order valence-electron chi connectivity index (χ4n) is 4.13. The molecule has 9 nitrogen and oxygen atoms in total. The van der Waals surface area contributed by atoms with Crippen molar-refractivity contribution >= 4 is 28.6 Å². The van der Waals surface area contributed by atoms with E-state index in [2.05, 4.69) is 20.3 Å². The lowest BCUT2D eigenvalue weighted by atomic mass is 10.1. The van der Waals surface area contributed by atoms with Gasteiger partial charge in [-0.15, -0.1) is 0 Å². The Bertz CT molecular complexity index is 1400. The summed E-state index contributed by atoms with van der Waals surface area (Å²) in [4.78, 5) is 36.6. The van der Waals surface area contributed by atoms with Crippen LogP contribution < -0.4 is 10.9 Å². The second-order valence-electron chi connectivity index (χ2n) is 8.02. The summed E-state index contributed by atoms with van der Waals surface area (Å²) in [7, 11) is 0. The number of hydrogen-bond donors (Lipinski definition) is 3. The van der Waals surface area contributed by atoms with Gasteiger partial charge in [0.05, 0.1) is 16.6 Å². The maximum atomic E-state index is 14.5. The summed E-state index contributed by atoms with van der Waals surface area (Å²) in [5.41, 5.74) is 2.51. The van der Waals surface area contributed by atoms with E-state index in [1.807, 2.05) is 0 Å². The van der Waals surface area contributed by atoms with Crippen molar-refractivity contribution in [3.63, 3.8) is 0 Å². The fraction of sp³-hybridized carbons (Fsp3) is 0.273. The summed E-state index contributed by atoms with van der Waals surface area (Å²) >= 11 is 0. The van der Waals surface area contributed by atoms with Crippen molar-refractivity contribution in [1.82, 2.24) is 24.3 Å². The number of carboxylic acid groups (broad SMARTS) is 1.